The molecule has 0 aliphatic carbocycles. The van der Waals surface area contributed by atoms with Crippen LogP contribution >= 0.6 is 11.8 Å². The van der Waals surface area contributed by atoms with Crippen molar-refractivity contribution >= 4 is 45.8 Å². The summed E-state index contributed by atoms with van der Waals surface area (Å²) >= 11 is 1.25. The monoisotopic (exact) mass is 483 g/mol. The van der Waals surface area contributed by atoms with Crippen molar-refractivity contribution in [3.8, 4) is 5.69 Å². The molecule has 0 saturated heterocycles. The number of fused-ring (bicyclic) bond motifs is 3. The second kappa shape index (κ2) is 9.19. The molecule has 1 atom stereocenters. The molecule has 0 spiro atoms. The lowest BCUT2D eigenvalue weighted by Crippen LogP contribution is -2.23. The van der Waals surface area contributed by atoms with Crippen LogP contribution in [0.15, 0.2) is 88.8 Å². The van der Waals surface area contributed by atoms with Gasteiger partial charge in [0.15, 0.2) is 10.9 Å². The van der Waals surface area contributed by atoms with Crippen molar-refractivity contribution in [1.29, 1.82) is 0 Å². The van der Waals surface area contributed by atoms with E-state index in [1.807, 2.05) is 48.5 Å². The van der Waals surface area contributed by atoms with E-state index >= 15 is 0 Å². The van der Waals surface area contributed by atoms with Crippen molar-refractivity contribution in [2.75, 3.05) is 5.32 Å². The van der Waals surface area contributed by atoms with Crippen LogP contribution in [0.1, 0.15) is 24.2 Å². The van der Waals surface area contributed by atoms with Crippen LogP contribution in [-0.4, -0.2) is 36.1 Å². The first kappa shape index (κ1) is 22.5. The van der Waals surface area contributed by atoms with Gasteiger partial charge in [0.2, 0.25) is 11.7 Å². The highest BCUT2D eigenvalue weighted by Gasteiger charge is 2.22. The number of nitrogens with zero attached hydrogens (tertiary/aromatic N) is 4. The molecule has 0 aliphatic heterocycles. The fourth-order valence-electron chi connectivity index (χ4n) is 3.81. The van der Waals surface area contributed by atoms with Crippen LogP contribution in [0, 0.1) is 0 Å². The number of hydrogen-bond donors (Lipinski definition) is 1. The number of benzene rings is 3. The van der Waals surface area contributed by atoms with Crippen molar-refractivity contribution in [3.05, 3.63) is 94.8 Å². The van der Waals surface area contributed by atoms with Gasteiger partial charge in [0.05, 0.1) is 21.8 Å². The quantitative estimate of drug-likeness (QED) is 0.285. The highest BCUT2D eigenvalue weighted by molar-refractivity contribution is 8.00. The van der Waals surface area contributed by atoms with E-state index < -0.39 is 5.25 Å². The molecule has 1 N–H and O–H groups in total. The fraction of sp³-hybridized carbons (Fsp3) is 0.115. The molecule has 1 amide bonds. The first-order chi connectivity index (χ1) is 16.9. The van der Waals surface area contributed by atoms with E-state index in [-0.39, 0.29) is 17.2 Å². The van der Waals surface area contributed by atoms with Gasteiger partial charge in [0, 0.05) is 11.3 Å². The van der Waals surface area contributed by atoms with Crippen LogP contribution in [-0.2, 0) is 4.79 Å². The van der Waals surface area contributed by atoms with E-state index in [1.54, 1.807) is 41.7 Å². The second-order valence-electron chi connectivity index (χ2n) is 7.99. The Kier molecular flexibility index (Phi) is 5.92. The highest BCUT2D eigenvalue weighted by atomic mass is 32.2. The minimum atomic E-state index is -0.509. The predicted molar refractivity (Wildman–Crippen MR) is 136 cm³/mol. The number of carbonyl (C=O) groups is 2. The molecule has 5 rings (SSSR count). The first-order valence-corrected chi connectivity index (χ1v) is 11.8. The lowest BCUT2D eigenvalue weighted by molar-refractivity contribution is -0.115. The molecular formula is C26H21N5O3S. The number of hydrogen-bond acceptors (Lipinski definition) is 6. The Morgan fingerprint density at radius 3 is 2.31 bits per heavy atom. The number of ketones is 1. The molecule has 174 valence electrons. The molecule has 3 aromatic carbocycles. The van der Waals surface area contributed by atoms with Crippen LogP contribution < -0.4 is 10.9 Å². The summed E-state index contributed by atoms with van der Waals surface area (Å²) in [5, 5.41) is 12.0. The summed E-state index contributed by atoms with van der Waals surface area (Å²) < 4.78 is 3.33. The number of rotatable bonds is 6. The lowest BCUT2D eigenvalue weighted by atomic mass is 10.1. The van der Waals surface area contributed by atoms with Gasteiger partial charge in [-0.25, -0.2) is 4.57 Å². The van der Waals surface area contributed by atoms with Gasteiger partial charge in [-0.3, -0.25) is 18.8 Å². The molecule has 0 saturated carbocycles. The average Bonchev–Trinajstić information content (AvgIpc) is 3.28. The summed E-state index contributed by atoms with van der Waals surface area (Å²) in [5.41, 5.74) is 2.33. The Labute approximate surface area is 204 Å². The third kappa shape index (κ3) is 4.22. The van der Waals surface area contributed by atoms with E-state index in [2.05, 4.69) is 15.5 Å². The molecule has 5 aromatic rings. The van der Waals surface area contributed by atoms with E-state index in [0.717, 1.165) is 0 Å². The lowest BCUT2D eigenvalue weighted by Gasteiger charge is -2.13. The molecule has 0 unspecified atom stereocenters. The number of carbonyl (C=O) groups excluding carboxylic acids is 2. The standard InChI is InChI=1S/C26H21N5O3S/c1-16(32)18-12-14-19(15-13-18)27-23(33)17(2)35-26-29-28-25-30(20-8-4-3-5-9-20)24(34)21-10-6-7-11-22(21)31(25)26/h3-15,17H,1-2H3,(H,27,33)/t17-/m0/s1. The summed E-state index contributed by atoms with van der Waals surface area (Å²) in [5.74, 6) is 0.115. The van der Waals surface area contributed by atoms with Gasteiger partial charge in [-0.05, 0) is 62.4 Å². The maximum absolute atomic E-state index is 13.3. The molecule has 0 bridgehead atoms. The predicted octanol–water partition coefficient (Wildman–Crippen LogP) is 4.36. The minimum absolute atomic E-state index is 0.0355. The number of anilines is 1. The SMILES string of the molecule is CC(=O)c1ccc(NC(=O)[C@H](C)Sc2nnc3n(-c4ccccc4)c(=O)c4ccccc4n23)cc1. The molecule has 2 aromatic heterocycles. The van der Waals surface area contributed by atoms with Gasteiger partial charge in [-0.2, -0.15) is 0 Å². The smallest absolute Gasteiger partial charge is 0.267 e. The number of Topliss-reactive ketones (excluding diaryl/α,β-unsaturated/α-hetero) is 1. The van der Waals surface area contributed by atoms with Gasteiger partial charge in [-0.1, -0.05) is 42.1 Å². The molecular weight excluding hydrogens is 462 g/mol. The Morgan fingerprint density at radius 2 is 1.60 bits per heavy atom. The zero-order valence-corrected chi connectivity index (χ0v) is 19.8. The molecule has 0 fully saturated rings. The van der Waals surface area contributed by atoms with Crippen LogP contribution in [0.2, 0.25) is 0 Å². The molecule has 9 heteroatoms. The molecule has 2 heterocycles. The zero-order valence-electron chi connectivity index (χ0n) is 19.0. The number of nitrogens with one attached hydrogen (secondary N) is 1. The van der Waals surface area contributed by atoms with Crippen LogP contribution in [0.5, 0.6) is 0 Å². The van der Waals surface area contributed by atoms with Gasteiger partial charge < -0.3 is 5.32 Å². The summed E-state index contributed by atoms with van der Waals surface area (Å²) in [6.07, 6.45) is 0. The van der Waals surface area contributed by atoms with Gasteiger partial charge in [-0.15, -0.1) is 10.2 Å². The Balaban J connectivity index is 1.51. The maximum Gasteiger partial charge on any atom is 0.267 e. The van der Waals surface area contributed by atoms with Crippen molar-refractivity contribution < 1.29 is 9.59 Å². The summed E-state index contributed by atoms with van der Waals surface area (Å²) in [4.78, 5) is 37.7. The second-order valence-corrected chi connectivity index (χ2v) is 9.30. The molecule has 8 nitrogen and oxygen atoms in total. The van der Waals surface area contributed by atoms with Gasteiger partial charge in [0.25, 0.3) is 5.56 Å². The zero-order chi connectivity index (χ0) is 24.5. The van der Waals surface area contributed by atoms with E-state index in [4.69, 9.17) is 0 Å². The van der Waals surface area contributed by atoms with Gasteiger partial charge in [0.1, 0.15) is 0 Å². The van der Waals surface area contributed by atoms with Crippen LogP contribution in [0.4, 0.5) is 5.69 Å². The fourth-order valence-corrected chi connectivity index (χ4v) is 4.66. The Hall–Kier alpha value is -4.24. The molecule has 0 radical (unpaired) electrons. The molecule has 35 heavy (non-hydrogen) atoms. The summed E-state index contributed by atoms with van der Waals surface area (Å²) in [6.45, 7) is 3.27. The summed E-state index contributed by atoms with van der Waals surface area (Å²) in [7, 11) is 0. The highest BCUT2D eigenvalue weighted by Crippen LogP contribution is 2.27. The third-order valence-corrected chi connectivity index (χ3v) is 6.66. The molecule has 0 aliphatic rings. The normalized spacial score (nSPS) is 12.1. The van der Waals surface area contributed by atoms with Crippen molar-refractivity contribution in [2.24, 2.45) is 0 Å². The minimum Gasteiger partial charge on any atom is -0.325 e. The maximum atomic E-state index is 13.3. The Morgan fingerprint density at radius 1 is 0.914 bits per heavy atom. The number of para-hydroxylation sites is 2. The van der Waals surface area contributed by atoms with Crippen molar-refractivity contribution in [3.63, 3.8) is 0 Å². The van der Waals surface area contributed by atoms with Gasteiger partial charge >= 0.3 is 0 Å². The number of amides is 1. The third-order valence-electron chi connectivity index (χ3n) is 5.62. The van der Waals surface area contributed by atoms with Crippen molar-refractivity contribution in [2.45, 2.75) is 24.3 Å². The summed E-state index contributed by atoms with van der Waals surface area (Å²) in [6, 6.07) is 23.3. The van der Waals surface area contributed by atoms with E-state index in [9.17, 15) is 14.4 Å². The Bertz CT molecular complexity index is 1620. The number of aromatic nitrogens is 4. The van der Waals surface area contributed by atoms with Crippen LogP contribution in [0.25, 0.3) is 22.4 Å². The van der Waals surface area contributed by atoms with Crippen molar-refractivity contribution in [1.82, 2.24) is 19.2 Å². The topological polar surface area (TPSA) is 98.4 Å². The van der Waals surface area contributed by atoms with E-state index in [1.165, 1.54) is 23.3 Å². The largest absolute Gasteiger partial charge is 0.325 e. The van der Waals surface area contributed by atoms with E-state index in [0.29, 0.717) is 38.8 Å². The first-order valence-electron chi connectivity index (χ1n) is 11.0. The van der Waals surface area contributed by atoms with Crippen LogP contribution in [0.3, 0.4) is 0 Å². The number of thioether (sulfide) groups is 1. The average molecular weight is 484 g/mol.